The molecule has 1 heterocycles. The van der Waals surface area contributed by atoms with Crippen LogP contribution in [-0.2, 0) is 4.74 Å². The lowest BCUT2D eigenvalue weighted by atomic mass is 9.76. The molecule has 4 amide bonds. The number of amides is 4. The van der Waals surface area contributed by atoms with Crippen molar-refractivity contribution in [3.05, 3.63) is 29.8 Å². The summed E-state index contributed by atoms with van der Waals surface area (Å²) in [5, 5.41) is 6.23. The van der Waals surface area contributed by atoms with Crippen LogP contribution in [0.2, 0.25) is 0 Å². The predicted molar refractivity (Wildman–Crippen MR) is 129 cm³/mol. The number of urea groups is 1. The Hall–Kier alpha value is -2.77. The second-order valence-electron chi connectivity index (χ2n) is 11.7. The van der Waals surface area contributed by atoms with Crippen LogP contribution in [-0.4, -0.2) is 65.2 Å². The second kappa shape index (κ2) is 8.47. The molecule has 1 saturated heterocycles. The minimum absolute atomic E-state index is 0.0159. The first-order chi connectivity index (χ1) is 16.1. The predicted octanol–water partition coefficient (Wildman–Crippen LogP) is 4.08. The molecule has 8 nitrogen and oxygen atoms in total. The highest BCUT2D eigenvalue weighted by molar-refractivity contribution is 5.95. The number of hydrogen-bond donors (Lipinski definition) is 2. The summed E-state index contributed by atoms with van der Waals surface area (Å²) in [5.74, 6) is 2.32. The highest BCUT2D eigenvalue weighted by atomic mass is 16.6. The van der Waals surface area contributed by atoms with E-state index in [1.165, 1.54) is 12.8 Å². The van der Waals surface area contributed by atoms with Crippen LogP contribution in [0.5, 0.6) is 0 Å². The monoisotopic (exact) mass is 468 g/mol. The molecule has 1 aromatic rings. The zero-order valence-electron chi connectivity index (χ0n) is 20.4. The molecule has 34 heavy (non-hydrogen) atoms. The smallest absolute Gasteiger partial charge is 0.410 e. The number of hydrogen-bond acceptors (Lipinski definition) is 4. The summed E-state index contributed by atoms with van der Waals surface area (Å²) in [7, 11) is 0. The quantitative estimate of drug-likeness (QED) is 0.699. The van der Waals surface area contributed by atoms with E-state index < -0.39 is 5.60 Å². The van der Waals surface area contributed by atoms with E-state index in [1.807, 2.05) is 20.8 Å². The molecule has 5 aliphatic rings. The lowest BCUT2D eigenvalue weighted by molar-refractivity contribution is 0.0141. The molecule has 8 heteroatoms. The van der Waals surface area contributed by atoms with Crippen molar-refractivity contribution in [1.82, 2.24) is 15.1 Å². The highest BCUT2D eigenvalue weighted by Gasteiger charge is 2.56. The van der Waals surface area contributed by atoms with Gasteiger partial charge in [-0.05, 0) is 94.9 Å². The van der Waals surface area contributed by atoms with E-state index in [0.717, 1.165) is 37.0 Å². The molecule has 0 spiro atoms. The lowest BCUT2D eigenvalue weighted by Crippen LogP contribution is -2.51. The third-order valence-electron chi connectivity index (χ3n) is 7.91. The van der Waals surface area contributed by atoms with Crippen LogP contribution in [0.15, 0.2) is 24.3 Å². The first-order valence-electron chi connectivity index (χ1n) is 12.6. The topological polar surface area (TPSA) is 91.0 Å². The molecule has 0 aromatic heterocycles. The zero-order valence-corrected chi connectivity index (χ0v) is 20.4. The van der Waals surface area contributed by atoms with Gasteiger partial charge in [-0.25, -0.2) is 9.59 Å². The van der Waals surface area contributed by atoms with Crippen LogP contribution in [0.3, 0.4) is 0 Å². The molecule has 1 aliphatic heterocycles. The minimum atomic E-state index is -0.535. The van der Waals surface area contributed by atoms with Crippen LogP contribution in [0.1, 0.15) is 63.2 Å². The number of rotatable bonds is 3. The number of piperazine rings is 1. The summed E-state index contributed by atoms with van der Waals surface area (Å²) in [4.78, 5) is 41.2. The maximum atomic E-state index is 12.9. The Bertz CT molecular complexity index is 942. The molecule has 1 aromatic carbocycles. The van der Waals surface area contributed by atoms with Crippen LogP contribution in [0.25, 0.3) is 0 Å². The van der Waals surface area contributed by atoms with E-state index in [1.54, 1.807) is 34.1 Å². The van der Waals surface area contributed by atoms with Crippen LogP contribution >= 0.6 is 0 Å². The average Bonchev–Trinajstić information content (AvgIpc) is 3.18. The van der Waals surface area contributed by atoms with E-state index in [-0.39, 0.29) is 23.6 Å². The van der Waals surface area contributed by atoms with Crippen molar-refractivity contribution in [1.29, 1.82) is 0 Å². The standard InChI is InChI=1S/C26H36N4O4/c1-25(2,3)34-24(33)30-10-8-29(9-11-30)22(31)18-4-6-21(7-5-18)27-23(32)28-26-14-17-12-19(15-26)20(13-17)16-26/h4-7,17,19-20H,8-16H2,1-3H3,(H2,27,28,32). The van der Waals surface area contributed by atoms with E-state index in [0.29, 0.717) is 37.4 Å². The van der Waals surface area contributed by atoms with Crippen molar-refractivity contribution < 1.29 is 19.1 Å². The van der Waals surface area contributed by atoms with Crippen molar-refractivity contribution in [3.8, 4) is 0 Å². The third-order valence-corrected chi connectivity index (χ3v) is 7.91. The molecule has 0 radical (unpaired) electrons. The van der Waals surface area contributed by atoms with E-state index in [4.69, 9.17) is 4.74 Å². The van der Waals surface area contributed by atoms with Crippen molar-refractivity contribution in [2.75, 3.05) is 31.5 Å². The third kappa shape index (κ3) is 4.72. The Balaban J connectivity index is 1.11. The average molecular weight is 469 g/mol. The fourth-order valence-corrected chi connectivity index (χ4v) is 6.66. The molecule has 2 N–H and O–H groups in total. The molecular formula is C26H36N4O4. The molecule has 184 valence electrons. The van der Waals surface area contributed by atoms with Gasteiger partial charge < -0.3 is 25.2 Å². The normalized spacial score (nSPS) is 29.8. The highest BCUT2D eigenvalue weighted by Crippen LogP contribution is 2.59. The fourth-order valence-electron chi connectivity index (χ4n) is 6.66. The Kier molecular flexibility index (Phi) is 5.73. The molecule has 4 saturated carbocycles. The second-order valence-corrected chi connectivity index (χ2v) is 11.7. The van der Waals surface area contributed by atoms with E-state index >= 15 is 0 Å². The SMILES string of the molecule is CC(C)(C)OC(=O)N1CCN(C(=O)c2ccc(NC(=O)NC34CC5CC(C3)C(C5)C4)cc2)CC1. The number of carbonyl (C=O) groups excluding carboxylic acids is 3. The van der Waals surface area contributed by atoms with Gasteiger partial charge in [-0.1, -0.05) is 0 Å². The Morgan fingerprint density at radius 3 is 2.06 bits per heavy atom. The van der Waals surface area contributed by atoms with Crippen LogP contribution < -0.4 is 10.6 Å². The lowest BCUT2D eigenvalue weighted by Gasteiger charge is -2.39. The summed E-state index contributed by atoms with van der Waals surface area (Å²) >= 11 is 0. The maximum absolute atomic E-state index is 12.9. The van der Waals surface area contributed by atoms with Gasteiger partial charge in [-0.15, -0.1) is 0 Å². The molecular weight excluding hydrogens is 432 g/mol. The summed E-state index contributed by atoms with van der Waals surface area (Å²) in [6.07, 6.45) is 5.71. The fraction of sp³-hybridized carbons (Fsp3) is 0.654. The number of anilines is 1. The summed E-state index contributed by atoms with van der Waals surface area (Å²) in [5.41, 5.74) is 0.696. The molecule has 5 fully saturated rings. The van der Waals surface area contributed by atoms with E-state index in [2.05, 4.69) is 10.6 Å². The molecule has 2 atom stereocenters. The maximum Gasteiger partial charge on any atom is 0.410 e. The number of benzene rings is 1. The van der Waals surface area contributed by atoms with Gasteiger partial charge in [0.1, 0.15) is 5.60 Å². The first kappa shape index (κ1) is 23.0. The molecule has 6 rings (SSSR count). The number of nitrogens with one attached hydrogen (secondary N) is 2. The van der Waals surface area contributed by atoms with Gasteiger partial charge in [0.25, 0.3) is 5.91 Å². The van der Waals surface area contributed by atoms with Gasteiger partial charge in [-0.3, -0.25) is 4.79 Å². The van der Waals surface area contributed by atoms with Crippen molar-refractivity contribution in [3.63, 3.8) is 0 Å². The zero-order chi connectivity index (χ0) is 24.1. The van der Waals surface area contributed by atoms with Crippen molar-refractivity contribution >= 4 is 23.7 Å². The Labute approximate surface area is 201 Å². The van der Waals surface area contributed by atoms with Gasteiger partial charge >= 0.3 is 12.1 Å². The van der Waals surface area contributed by atoms with Gasteiger partial charge in [0, 0.05) is 43.0 Å². The van der Waals surface area contributed by atoms with E-state index in [9.17, 15) is 14.4 Å². The first-order valence-corrected chi connectivity index (χ1v) is 12.6. The number of ether oxygens (including phenoxy) is 1. The summed E-state index contributed by atoms with van der Waals surface area (Å²) < 4.78 is 5.42. The molecule has 2 unspecified atom stereocenters. The van der Waals surface area contributed by atoms with Crippen LogP contribution in [0.4, 0.5) is 15.3 Å². The van der Waals surface area contributed by atoms with Crippen molar-refractivity contribution in [2.45, 2.75) is 64.0 Å². The molecule has 4 aliphatic carbocycles. The largest absolute Gasteiger partial charge is 0.444 e. The Morgan fingerprint density at radius 2 is 1.50 bits per heavy atom. The van der Waals surface area contributed by atoms with Gasteiger partial charge in [0.2, 0.25) is 0 Å². The minimum Gasteiger partial charge on any atom is -0.444 e. The van der Waals surface area contributed by atoms with Gasteiger partial charge in [0.15, 0.2) is 0 Å². The number of carbonyl (C=O) groups is 3. The summed E-state index contributed by atoms with van der Waals surface area (Å²) in [6, 6.07) is 6.89. The van der Waals surface area contributed by atoms with Crippen LogP contribution in [0, 0.1) is 17.8 Å². The van der Waals surface area contributed by atoms with Gasteiger partial charge in [0.05, 0.1) is 0 Å². The van der Waals surface area contributed by atoms with Crippen molar-refractivity contribution in [2.24, 2.45) is 17.8 Å². The number of nitrogens with zero attached hydrogens (tertiary/aromatic N) is 2. The Morgan fingerprint density at radius 1 is 0.912 bits per heavy atom. The van der Waals surface area contributed by atoms with Gasteiger partial charge in [-0.2, -0.15) is 0 Å². The summed E-state index contributed by atoms with van der Waals surface area (Å²) in [6.45, 7) is 7.35. The molecule has 4 bridgehead atoms.